The SMILES string of the molecule is COc1ccc(-c2c(-c3ccc(CO)cc3)nc(-c3ccccc3)c(C)[n+]2C)c(C)c1. The molecule has 4 heteroatoms. The van der Waals surface area contributed by atoms with Crippen LogP contribution in [0, 0.1) is 13.8 Å². The van der Waals surface area contributed by atoms with Crippen LogP contribution >= 0.6 is 0 Å². The van der Waals surface area contributed by atoms with Gasteiger partial charge in [0.1, 0.15) is 24.2 Å². The molecule has 1 aromatic heterocycles. The third-order valence-electron chi connectivity index (χ3n) is 5.78. The number of nitrogens with zero attached hydrogens (tertiary/aromatic N) is 2. The van der Waals surface area contributed by atoms with Gasteiger partial charge >= 0.3 is 0 Å². The molecule has 0 amide bonds. The van der Waals surface area contributed by atoms with Gasteiger partial charge in [-0.15, -0.1) is 0 Å². The number of aryl methyl sites for hydroxylation is 1. The summed E-state index contributed by atoms with van der Waals surface area (Å²) in [5, 5.41) is 9.46. The van der Waals surface area contributed by atoms with Gasteiger partial charge in [-0.2, -0.15) is 4.57 Å². The first kappa shape index (κ1) is 20.8. The van der Waals surface area contributed by atoms with Crippen LogP contribution in [0.4, 0.5) is 0 Å². The zero-order valence-electron chi connectivity index (χ0n) is 18.4. The van der Waals surface area contributed by atoms with Crippen LogP contribution in [0.1, 0.15) is 16.8 Å². The Labute approximate surface area is 183 Å². The molecule has 0 saturated carbocycles. The van der Waals surface area contributed by atoms with E-state index in [-0.39, 0.29) is 6.61 Å². The Morgan fingerprint density at radius 3 is 2.16 bits per heavy atom. The van der Waals surface area contributed by atoms with Gasteiger partial charge in [0.05, 0.1) is 19.3 Å². The van der Waals surface area contributed by atoms with Crippen molar-refractivity contribution in [2.24, 2.45) is 7.05 Å². The molecule has 4 rings (SSSR count). The highest BCUT2D eigenvalue weighted by Gasteiger charge is 2.26. The fourth-order valence-electron chi connectivity index (χ4n) is 3.91. The molecule has 4 nitrogen and oxygen atoms in total. The van der Waals surface area contributed by atoms with Crippen LogP contribution in [0.2, 0.25) is 0 Å². The highest BCUT2D eigenvalue weighted by Crippen LogP contribution is 2.34. The summed E-state index contributed by atoms with van der Waals surface area (Å²) in [6.07, 6.45) is 0. The molecular weight excluding hydrogens is 384 g/mol. The van der Waals surface area contributed by atoms with Gasteiger partial charge in [-0.25, -0.2) is 4.98 Å². The second kappa shape index (κ2) is 8.70. The number of benzene rings is 3. The quantitative estimate of drug-likeness (QED) is 0.469. The van der Waals surface area contributed by atoms with Gasteiger partial charge in [-0.3, -0.25) is 0 Å². The lowest BCUT2D eigenvalue weighted by Crippen LogP contribution is -2.37. The number of ether oxygens (including phenoxy) is 1. The van der Waals surface area contributed by atoms with Crippen molar-refractivity contribution in [3.63, 3.8) is 0 Å². The molecule has 0 spiro atoms. The number of methoxy groups -OCH3 is 1. The normalized spacial score (nSPS) is 10.9. The number of aromatic nitrogens is 2. The van der Waals surface area contributed by atoms with Gasteiger partial charge in [0.25, 0.3) is 0 Å². The molecule has 156 valence electrons. The van der Waals surface area contributed by atoms with Crippen molar-refractivity contribution in [1.82, 2.24) is 4.98 Å². The molecule has 0 radical (unpaired) electrons. The van der Waals surface area contributed by atoms with Crippen LogP contribution in [0.15, 0.2) is 72.8 Å². The van der Waals surface area contributed by atoms with E-state index in [0.717, 1.165) is 56.3 Å². The third-order valence-corrected chi connectivity index (χ3v) is 5.78. The zero-order chi connectivity index (χ0) is 22.0. The van der Waals surface area contributed by atoms with Crippen molar-refractivity contribution in [3.8, 4) is 39.5 Å². The van der Waals surface area contributed by atoms with E-state index in [1.54, 1.807) is 7.11 Å². The van der Waals surface area contributed by atoms with Crippen molar-refractivity contribution in [3.05, 3.63) is 89.6 Å². The van der Waals surface area contributed by atoms with Crippen molar-refractivity contribution < 1.29 is 14.4 Å². The van der Waals surface area contributed by atoms with Crippen LogP contribution in [0.5, 0.6) is 5.75 Å². The molecular formula is C27H27N2O2+. The zero-order valence-corrected chi connectivity index (χ0v) is 18.4. The average molecular weight is 412 g/mol. The van der Waals surface area contributed by atoms with E-state index >= 15 is 0 Å². The Bertz CT molecular complexity index is 1220. The number of hydrogen-bond acceptors (Lipinski definition) is 3. The van der Waals surface area contributed by atoms with E-state index in [9.17, 15) is 5.11 Å². The molecule has 0 aliphatic rings. The molecule has 4 aromatic rings. The van der Waals surface area contributed by atoms with Crippen LogP contribution < -0.4 is 9.30 Å². The Hall–Kier alpha value is -3.50. The van der Waals surface area contributed by atoms with Crippen LogP contribution in [0.25, 0.3) is 33.8 Å². The maximum atomic E-state index is 9.46. The lowest BCUT2D eigenvalue weighted by molar-refractivity contribution is -0.666. The van der Waals surface area contributed by atoms with E-state index in [0.29, 0.717) is 0 Å². The first-order chi connectivity index (χ1) is 15.0. The number of aliphatic hydroxyl groups is 1. The van der Waals surface area contributed by atoms with Gasteiger partial charge < -0.3 is 9.84 Å². The average Bonchev–Trinajstić information content (AvgIpc) is 2.81. The van der Waals surface area contributed by atoms with Gasteiger partial charge in [0, 0.05) is 18.1 Å². The molecule has 1 heterocycles. The number of aliphatic hydroxyl groups excluding tert-OH is 1. The fourth-order valence-corrected chi connectivity index (χ4v) is 3.91. The molecule has 31 heavy (non-hydrogen) atoms. The molecule has 0 bridgehead atoms. The maximum Gasteiger partial charge on any atom is 0.239 e. The second-order valence-electron chi connectivity index (χ2n) is 7.70. The summed E-state index contributed by atoms with van der Waals surface area (Å²) in [7, 11) is 3.77. The van der Waals surface area contributed by atoms with E-state index < -0.39 is 0 Å². The highest BCUT2D eigenvalue weighted by atomic mass is 16.5. The molecule has 0 aliphatic carbocycles. The largest absolute Gasteiger partial charge is 0.497 e. The summed E-state index contributed by atoms with van der Waals surface area (Å²) in [5.41, 5.74) is 9.21. The Morgan fingerprint density at radius 1 is 0.871 bits per heavy atom. The van der Waals surface area contributed by atoms with Gasteiger partial charge in [0.2, 0.25) is 11.4 Å². The van der Waals surface area contributed by atoms with Crippen LogP contribution in [0.3, 0.4) is 0 Å². The number of rotatable bonds is 5. The molecule has 3 aromatic carbocycles. The van der Waals surface area contributed by atoms with Crippen LogP contribution in [-0.2, 0) is 13.7 Å². The standard InChI is InChI=1S/C27H27N2O2/c1-18-16-23(31-4)14-15-24(18)27-26(22-12-10-20(17-30)11-13-22)28-25(19(2)29(27)3)21-8-6-5-7-9-21/h5-16,30H,17H2,1-4H3/q+1. The first-order valence-corrected chi connectivity index (χ1v) is 10.3. The van der Waals surface area contributed by atoms with Gasteiger partial charge in [0.15, 0.2) is 0 Å². The summed E-state index contributed by atoms with van der Waals surface area (Å²) >= 11 is 0. The molecule has 0 atom stereocenters. The monoisotopic (exact) mass is 411 g/mol. The summed E-state index contributed by atoms with van der Waals surface area (Å²) in [5.74, 6) is 0.836. The summed E-state index contributed by atoms with van der Waals surface area (Å²) in [6.45, 7) is 4.22. The van der Waals surface area contributed by atoms with E-state index in [2.05, 4.69) is 49.7 Å². The molecule has 0 fully saturated rings. The minimum absolute atomic E-state index is 0.0229. The molecule has 0 saturated heterocycles. The van der Waals surface area contributed by atoms with E-state index in [1.807, 2.05) is 48.5 Å². The maximum absolute atomic E-state index is 9.46. The van der Waals surface area contributed by atoms with Crippen molar-refractivity contribution in [2.45, 2.75) is 20.5 Å². The van der Waals surface area contributed by atoms with Crippen molar-refractivity contribution >= 4 is 0 Å². The summed E-state index contributed by atoms with van der Waals surface area (Å²) in [4.78, 5) is 5.17. The topological polar surface area (TPSA) is 46.2 Å². The van der Waals surface area contributed by atoms with Gasteiger partial charge in [-0.05, 0) is 36.2 Å². The predicted octanol–water partition coefficient (Wildman–Crippen LogP) is 5.02. The van der Waals surface area contributed by atoms with Gasteiger partial charge in [-0.1, -0.05) is 54.6 Å². The van der Waals surface area contributed by atoms with Crippen LogP contribution in [-0.4, -0.2) is 17.2 Å². The highest BCUT2D eigenvalue weighted by molar-refractivity contribution is 5.80. The predicted molar refractivity (Wildman–Crippen MR) is 124 cm³/mol. The fraction of sp³-hybridized carbons (Fsp3) is 0.185. The second-order valence-corrected chi connectivity index (χ2v) is 7.70. The third kappa shape index (κ3) is 3.94. The minimum atomic E-state index is 0.0229. The first-order valence-electron chi connectivity index (χ1n) is 10.3. The molecule has 1 N–H and O–H groups in total. The Balaban J connectivity index is 2.02. The van der Waals surface area contributed by atoms with E-state index in [1.165, 1.54) is 0 Å². The van der Waals surface area contributed by atoms with Crippen molar-refractivity contribution in [2.75, 3.05) is 7.11 Å². The molecule has 0 unspecified atom stereocenters. The summed E-state index contributed by atoms with van der Waals surface area (Å²) in [6, 6.07) is 24.4. The number of hydrogen-bond donors (Lipinski definition) is 1. The van der Waals surface area contributed by atoms with E-state index in [4.69, 9.17) is 9.72 Å². The Kier molecular flexibility index (Phi) is 5.83. The lowest BCUT2D eigenvalue weighted by Gasteiger charge is -2.15. The smallest absolute Gasteiger partial charge is 0.239 e. The lowest BCUT2D eigenvalue weighted by atomic mass is 9.97. The van der Waals surface area contributed by atoms with Crippen molar-refractivity contribution in [1.29, 1.82) is 0 Å². The Morgan fingerprint density at radius 2 is 1.55 bits per heavy atom. The minimum Gasteiger partial charge on any atom is -0.497 e. The molecule has 0 aliphatic heterocycles. The summed E-state index contributed by atoms with van der Waals surface area (Å²) < 4.78 is 7.63.